The summed E-state index contributed by atoms with van der Waals surface area (Å²) in [5.41, 5.74) is 0. The van der Waals surface area contributed by atoms with Gasteiger partial charge in [0.1, 0.15) is 6.72 Å². The average Bonchev–Trinajstić information content (AvgIpc) is 1.66. The van der Waals surface area contributed by atoms with Crippen molar-refractivity contribution in [3.63, 3.8) is 0 Å². The third-order valence-electron chi connectivity index (χ3n) is 1.01. The molecule has 0 saturated heterocycles. The van der Waals surface area contributed by atoms with Gasteiger partial charge in [-0.3, -0.25) is 0 Å². The van der Waals surface area contributed by atoms with E-state index in [1.807, 2.05) is 0 Å². The molecular weight excluding hydrogens is 102 g/mol. The van der Waals surface area contributed by atoms with Crippen LogP contribution in [-0.4, -0.2) is 18.0 Å². The van der Waals surface area contributed by atoms with Crippen molar-refractivity contribution in [2.45, 2.75) is 26.2 Å². The second-order valence-corrected chi connectivity index (χ2v) is 1.91. The van der Waals surface area contributed by atoms with Crippen molar-refractivity contribution in [2.24, 2.45) is 0 Å². The van der Waals surface area contributed by atoms with Gasteiger partial charge in [-0.2, -0.15) is 0 Å². The summed E-state index contributed by atoms with van der Waals surface area (Å²) in [4.78, 5) is 0. The van der Waals surface area contributed by atoms with E-state index in [2.05, 4.69) is 13.6 Å². The Balaban J connectivity index is 2.82. The van der Waals surface area contributed by atoms with Crippen molar-refractivity contribution in [2.75, 3.05) is 6.54 Å². The lowest BCUT2D eigenvalue weighted by molar-refractivity contribution is -0.449. The first-order chi connectivity index (χ1) is 3.77. The van der Waals surface area contributed by atoms with Crippen molar-refractivity contribution in [3.8, 4) is 0 Å². The third kappa shape index (κ3) is 5.47. The topological polar surface area (TPSA) is 26.1 Å². The zero-order chi connectivity index (χ0) is 6.41. The monoisotopic (exact) mass is 115 g/mol. The quantitative estimate of drug-likeness (QED) is 0.179. The van der Waals surface area contributed by atoms with Crippen LogP contribution in [0.5, 0.6) is 0 Å². The molecule has 0 N–H and O–H groups in total. The molecule has 0 aromatic heterocycles. The van der Waals surface area contributed by atoms with Gasteiger partial charge in [0.25, 0.3) is 0 Å². The minimum atomic E-state index is 0.577. The Labute approximate surface area is 50.4 Å². The number of hydrogen-bond acceptors (Lipinski definition) is 1. The van der Waals surface area contributed by atoms with E-state index < -0.39 is 0 Å². The van der Waals surface area contributed by atoms with Gasteiger partial charge in [0, 0.05) is 6.42 Å². The molecule has 0 radical (unpaired) electrons. The first-order valence-corrected chi connectivity index (χ1v) is 3.02. The molecule has 0 aromatic carbocycles. The van der Waals surface area contributed by atoms with Crippen LogP contribution in [-0.2, 0) is 0 Å². The van der Waals surface area contributed by atoms with E-state index in [0.717, 1.165) is 24.0 Å². The van der Waals surface area contributed by atoms with Crippen LogP contribution in [0.2, 0.25) is 0 Å². The zero-order valence-electron chi connectivity index (χ0n) is 5.39. The van der Waals surface area contributed by atoms with E-state index in [1.54, 1.807) is 0 Å². The summed E-state index contributed by atoms with van der Waals surface area (Å²) in [5, 5.41) is 10.1. The maximum atomic E-state index is 10.1. The van der Waals surface area contributed by atoms with E-state index in [1.165, 1.54) is 0 Å². The van der Waals surface area contributed by atoms with Crippen molar-refractivity contribution in [3.05, 3.63) is 5.21 Å². The summed E-state index contributed by atoms with van der Waals surface area (Å²) in [6.45, 7) is 5.87. The minimum absolute atomic E-state index is 0.577. The Morgan fingerprint density at radius 3 is 2.50 bits per heavy atom. The largest absolute Gasteiger partial charge is 0.624 e. The summed E-state index contributed by atoms with van der Waals surface area (Å²) in [5.74, 6) is 0. The van der Waals surface area contributed by atoms with Crippen LogP contribution < -0.4 is 0 Å². The second-order valence-electron chi connectivity index (χ2n) is 1.91. The molecular formula is C6H13NO. The SMILES string of the molecule is C=[N+]([O-])CCCCC. The van der Waals surface area contributed by atoms with Crippen molar-refractivity contribution < 1.29 is 4.74 Å². The maximum Gasteiger partial charge on any atom is 0.152 e. The van der Waals surface area contributed by atoms with Crippen molar-refractivity contribution in [1.82, 2.24) is 0 Å². The Morgan fingerprint density at radius 2 is 2.12 bits per heavy atom. The first-order valence-electron chi connectivity index (χ1n) is 3.02. The molecule has 48 valence electrons. The molecule has 0 bridgehead atoms. The van der Waals surface area contributed by atoms with Crippen LogP contribution in [0.25, 0.3) is 0 Å². The molecule has 0 saturated carbocycles. The van der Waals surface area contributed by atoms with Gasteiger partial charge >= 0.3 is 0 Å². The van der Waals surface area contributed by atoms with Gasteiger partial charge in [0.15, 0.2) is 6.54 Å². The number of nitrogens with zero attached hydrogens (tertiary/aromatic N) is 1. The van der Waals surface area contributed by atoms with Crippen LogP contribution in [0.4, 0.5) is 0 Å². The summed E-state index contributed by atoms with van der Waals surface area (Å²) < 4.78 is 0.732. The summed E-state index contributed by atoms with van der Waals surface area (Å²) in [7, 11) is 0. The lowest BCUT2D eigenvalue weighted by Gasteiger charge is -1.98. The van der Waals surface area contributed by atoms with Gasteiger partial charge in [-0.15, -0.1) is 0 Å². The highest BCUT2D eigenvalue weighted by Gasteiger charge is 1.86. The van der Waals surface area contributed by atoms with Gasteiger partial charge in [0.2, 0.25) is 0 Å². The summed E-state index contributed by atoms with van der Waals surface area (Å²) >= 11 is 0. The molecule has 0 fully saturated rings. The molecule has 0 aliphatic heterocycles. The number of rotatable bonds is 4. The fourth-order valence-corrected chi connectivity index (χ4v) is 0.538. The highest BCUT2D eigenvalue weighted by Crippen LogP contribution is 1.91. The Morgan fingerprint density at radius 1 is 1.50 bits per heavy atom. The number of unbranched alkanes of at least 4 members (excludes halogenated alkanes) is 2. The molecule has 2 heteroatoms. The predicted molar refractivity (Wildman–Crippen MR) is 35.1 cm³/mol. The second kappa shape index (κ2) is 4.62. The summed E-state index contributed by atoms with van der Waals surface area (Å²) in [6.07, 6.45) is 3.27. The summed E-state index contributed by atoms with van der Waals surface area (Å²) in [6, 6.07) is 0. The molecule has 0 aliphatic rings. The lowest BCUT2D eigenvalue weighted by Crippen LogP contribution is -2.00. The molecule has 0 spiro atoms. The Kier molecular flexibility index (Phi) is 4.32. The molecule has 0 unspecified atom stereocenters. The number of hydrogen-bond donors (Lipinski definition) is 0. The van der Waals surface area contributed by atoms with Crippen molar-refractivity contribution >= 4 is 6.72 Å². The maximum absolute atomic E-state index is 10.1. The molecule has 0 amide bonds. The smallest absolute Gasteiger partial charge is 0.152 e. The normalized spacial score (nSPS) is 9.12. The lowest BCUT2D eigenvalue weighted by atomic mass is 10.2. The highest BCUT2D eigenvalue weighted by atomic mass is 16.5. The van der Waals surface area contributed by atoms with E-state index in [9.17, 15) is 5.21 Å². The molecule has 0 rings (SSSR count). The Hall–Kier alpha value is -0.530. The standard InChI is InChI=1S/C6H13NO/c1-3-4-5-6-7(2)8/h2-6H2,1H3. The predicted octanol–water partition coefficient (Wildman–Crippen LogP) is 1.39. The van der Waals surface area contributed by atoms with Crippen LogP contribution in [0.15, 0.2) is 0 Å². The molecule has 0 aliphatic carbocycles. The van der Waals surface area contributed by atoms with Gasteiger partial charge in [-0.25, -0.2) is 4.74 Å². The Bertz CT molecular complexity index is 70.9. The number of hydroxylamine groups is 1. The molecule has 0 atom stereocenters. The average molecular weight is 115 g/mol. The van der Waals surface area contributed by atoms with Gasteiger partial charge in [-0.05, 0) is 6.42 Å². The molecule has 8 heavy (non-hydrogen) atoms. The van der Waals surface area contributed by atoms with Gasteiger partial charge in [0.05, 0.1) is 0 Å². The molecule has 0 heterocycles. The third-order valence-corrected chi connectivity index (χ3v) is 1.01. The van der Waals surface area contributed by atoms with Gasteiger partial charge < -0.3 is 5.21 Å². The fraction of sp³-hybridized carbons (Fsp3) is 0.833. The molecule has 0 aromatic rings. The minimum Gasteiger partial charge on any atom is -0.624 e. The van der Waals surface area contributed by atoms with Crippen LogP contribution >= 0.6 is 0 Å². The van der Waals surface area contributed by atoms with E-state index in [-0.39, 0.29) is 0 Å². The molecule has 2 nitrogen and oxygen atoms in total. The highest BCUT2D eigenvalue weighted by molar-refractivity contribution is 5.14. The van der Waals surface area contributed by atoms with E-state index >= 15 is 0 Å². The van der Waals surface area contributed by atoms with Crippen molar-refractivity contribution in [1.29, 1.82) is 0 Å². The van der Waals surface area contributed by atoms with Crippen LogP contribution in [0.1, 0.15) is 26.2 Å². The van der Waals surface area contributed by atoms with Gasteiger partial charge in [-0.1, -0.05) is 13.3 Å². The van der Waals surface area contributed by atoms with E-state index in [0.29, 0.717) is 6.54 Å². The fourth-order valence-electron chi connectivity index (χ4n) is 0.538. The zero-order valence-corrected chi connectivity index (χ0v) is 5.39. The van der Waals surface area contributed by atoms with E-state index in [4.69, 9.17) is 0 Å². The van der Waals surface area contributed by atoms with Crippen LogP contribution in [0, 0.1) is 5.21 Å². The first kappa shape index (κ1) is 7.47. The van der Waals surface area contributed by atoms with Crippen LogP contribution in [0.3, 0.4) is 0 Å².